The predicted octanol–water partition coefficient (Wildman–Crippen LogP) is 5.09. The maximum atomic E-state index is 14.2. The predicted molar refractivity (Wildman–Crippen MR) is 108 cm³/mol. The Hall–Kier alpha value is -2.59. The molecule has 2 rings (SSSR count). The van der Waals surface area contributed by atoms with E-state index in [0.717, 1.165) is 13.2 Å². The molecule has 2 aromatic carbocycles. The fourth-order valence-corrected chi connectivity index (χ4v) is 3.50. The summed E-state index contributed by atoms with van der Waals surface area (Å²) in [6.07, 6.45) is -0.928. The van der Waals surface area contributed by atoms with Gasteiger partial charge in [-0.25, -0.2) is 30.4 Å². The zero-order chi connectivity index (χ0) is 24.2. The van der Waals surface area contributed by atoms with Crippen molar-refractivity contribution in [2.75, 3.05) is 12.0 Å². The molecule has 32 heavy (non-hydrogen) atoms. The monoisotopic (exact) mass is 476 g/mol. The summed E-state index contributed by atoms with van der Waals surface area (Å²) >= 11 is 0. The van der Waals surface area contributed by atoms with Gasteiger partial charge in [-0.1, -0.05) is 36.4 Å². The van der Waals surface area contributed by atoms with Crippen molar-refractivity contribution < 1.29 is 39.9 Å². The van der Waals surface area contributed by atoms with E-state index < -0.39 is 68.2 Å². The zero-order valence-electron chi connectivity index (χ0n) is 17.5. The molecule has 0 heterocycles. The van der Waals surface area contributed by atoms with Crippen molar-refractivity contribution in [2.24, 2.45) is 0 Å². The van der Waals surface area contributed by atoms with Gasteiger partial charge in [-0.15, -0.1) is 0 Å². The van der Waals surface area contributed by atoms with Crippen molar-refractivity contribution in [3.05, 3.63) is 82.2 Å². The molecule has 0 bridgehead atoms. The molecule has 0 spiro atoms. The number of rotatable bonds is 9. The van der Waals surface area contributed by atoms with Gasteiger partial charge in [-0.2, -0.15) is 0 Å². The Morgan fingerprint density at radius 1 is 0.969 bits per heavy atom. The molecule has 0 aliphatic heterocycles. The van der Waals surface area contributed by atoms with Crippen molar-refractivity contribution in [3.63, 3.8) is 0 Å². The summed E-state index contributed by atoms with van der Waals surface area (Å²) in [6, 6.07) is 7.98. The van der Waals surface area contributed by atoms with Crippen molar-refractivity contribution in [2.45, 2.75) is 32.5 Å². The summed E-state index contributed by atoms with van der Waals surface area (Å²) in [5.41, 5.74) is -0.634. The average molecular weight is 476 g/mol. The topological polar surface area (TPSA) is 60.4 Å². The van der Waals surface area contributed by atoms with E-state index >= 15 is 0 Å². The van der Waals surface area contributed by atoms with Crippen LogP contribution in [0.2, 0.25) is 0 Å². The van der Waals surface area contributed by atoms with Gasteiger partial charge in [0.25, 0.3) is 0 Å². The summed E-state index contributed by atoms with van der Waals surface area (Å²) in [5, 5.41) is 0. The quantitative estimate of drug-likeness (QED) is 0.166. The van der Waals surface area contributed by atoms with Gasteiger partial charge in [-0.3, -0.25) is 4.79 Å². The van der Waals surface area contributed by atoms with Crippen LogP contribution in [0.5, 0.6) is 0 Å². The van der Waals surface area contributed by atoms with Gasteiger partial charge in [0.1, 0.15) is 0 Å². The molecule has 0 aliphatic carbocycles. The second-order valence-electron chi connectivity index (χ2n) is 7.28. The second kappa shape index (κ2) is 10.4. The third kappa shape index (κ3) is 6.23. The summed E-state index contributed by atoms with van der Waals surface area (Å²) in [6.45, 7) is 2.52. The lowest BCUT2D eigenvalue weighted by Gasteiger charge is -2.24. The van der Waals surface area contributed by atoms with Crippen LogP contribution in [0.15, 0.2) is 42.0 Å². The van der Waals surface area contributed by atoms with E-state index in [1.54, 1.807) is 18.2 Å². The van der Waals surface area contributed by atoms with E-state index in [2.05, 4.69) is 0 Å². The lowest BCUT2D eigenvalue weighted by atomic mass is 10.00. The minimum absolute atomic E-state index is 0.246. The second-order valence-corrected chi connectivity index (χ2v) is 9.47. The Labute approximate surface area is 182 Å². The highest BCUT2D eigenvalue weighted by molar-refractivity contribution is 7.90. The molecule has 0 N–H and O–H groups in total. The summed E-state index contributed by atoms with van der Waals surface area (Å²) < 4.78 is 97.4. The number of hydrogen-bond donors (Lipinski definition) is 0. The maximum absolute atomic E-state index is 14.2. The van der Waals surface area contributed by atoms with Crippen molar-refractivity contribution in [1.29, 1.82) is 0 Å². The third-order valence-electron chi connectivity index (χ3n) is 4.70. The van der Waals surface area contributed by atoms with E-state index in [9.17, 15) is 35.2 Å². The van der Waals surface area contributed by atoms with Gasteiger partial charge in [-0.05, 0) is 19.4 Å². The Bertz CT molecular complexity index is 1100. The van der Waals surface area contributed by atoms with Crippen LogP contribution in [-0.2, 0) is 14.6 Å². The van der Waals surface area contributed by atoms with E-state index in [0.29, 0.717) is 5.56 Å². The van der Waals surface area contributed by atoms with Crippen LogP contribution < -0.4 is 0 Å². The largest absolute Gasteiger partial charge is 0.366 e. The summed E-state index contributed by atoms with van der Waals surface area (Å²) in [4.78, 5) is 12.6. The van der Waals surface area contributed by atoms with Crippen LogP contribution in [0.1, 0.15) is 42.3 Å². The molecule has 0 aliphatic rings. The maximum Gasteiger partial charge on any atom is 0.200 e. The van der Waals surface area contributed by atoms with Gasteiger partial charge >= 0.3 is 0 Å². The van der Waals surface area contributed by atoms with Gasteiger partial charge in [0.05, 0.1) is 23.5 Å². The first-order valence-electron chi connectivity index (χ1n) is 9.42. The van der Waals surface area contributed by atoms with Gasteiger partial charge < -0.3 is 4.74 Å². The van der Waals surface area contributed by atoms with Gasteiger partial charge in [0, 0.05) is 18.2 Å². The molecule has 2 atom stereocenters. The van der Waals surface area contributed by atoms with Crippen LogP contribution in [0.25, 0.3) is 0 Å². The molecule has 0 amide bonds. The van der Waals surface area contributed by atoms with Crippen molar-refractivity contribution >= 4 is 15.6 Å². The fraction of sp³-hybridized carbons (Fsp3) is 0.318. The number of halogens is 5. The molecule has 0 fully saturated rings. The Kier molecular flexibility index (Phi) is 8.30. The fourth-order valence-electron chi connectivity index (χ4n) is 2.93. The highest BCUT2D eigenvalue weighted by atomic mass is 32.2. The zero-order valence-corrected chi connectivity index (χ0v) is 18.3. The van der Waals surface area contributed by atoms with E-state index in [-0.39, 0.29) is 12.0 Å². The first-order valence-corrected chi connectivity index (χ1v) is 11.5. The van der Waals surface area contributed by atoms with Crippen LogP contribution in [0.4, 0.5) is 22.0 Å². The van der Waals surface area contributed by atoms with Crippen LogP contribution in [-0.4, -0.2) is 32.3 Å². The van der Waals surface area contributed by atoms with Crippen LogP contribution in [0.3, 0.4) is 0 Å². The van der Waals surface area contributed by atoms with Crippen molar-refractivity contribution in [3.8, 4) is 0 Å². The first kappa shape index (κ1) is 25.7. The number of carbonyl (C=O) groups is 1. The van der Waals surface area contributed by atoms with E-state index in [1.807, 2.05) is 0 Å². The minimum atomic E-state index is -3.42. The number of Topliss-reactive ketones (excluding diaryl/α,β-unsaturated/α-hetero) is 1. The normalized spacial score (nSPS) is 14.3. The molecule has 0 aromatic heterocycles. The number of ether oxygens (including phenoxy) is 1. The molecule has 0 saturated heterocycles. The number of ketones is 1. The molecular formula is C22H21F5O4S. The third-order valence-corrected chi connectivity index (χ3v) is 5.47. The molecule has 4 nitrogen and oxygen atoms in total. The highest BCUT2D eigenvalue weighted by Gasteiger charge is 2.31. The number of sulfone groups is 1. The SMILES string of the molecule is C/C(=C/CS(C)(=O)=O)[C@@H](CC(=O)c1ccccc1)O[C@@H](C)c1c(F)c(F)c(F)c(F)c1F. The van der Waals surface area contributed by atoms with Crippen LogP contribution in [0, 0.1) is 29.1 Å². The molecule has 0 saturated carbocycles. The Balaban J connectivity index is 2.41. The molecular weight excluding hydrogens is 455 g/mol. The van der Waals surface area contributed by atoms with Gasteiger partial charge in [0.2, 0.25) is 5.82 Å². The lowest BCUT2D eigenvalue weighted by molar-refractivity contribution is 0.00953. The number of hydrogen-bond acceptors (Lipinski definition) is 4. The smallest absolute Gasteiger partial charge is 0.200 e. The highest BCUT2D eigenvalue weighted by Crippen LogP contribution is 2.32. The van der Waals surface area contributed by atoms with E-state index in [4.69, 9.17) is 4.74 Å². The molecule has 2 aromatic rings. The first-order chi connectivity index (χ1) is 14.8. The van der Waals surface area contributed by atoms with E-state index in [1.165, 1.54) is 25.1 Å². The molecule has 174 valence electrons. The van der Waals surface area contributed by atoms with Crippen LogP contribution >= 0.6 is 0 Å². The standard InChI is InChI=1S/C22H21F5O4S/c1-12(9-10-32(3,29)30)16(11-15(28)14-7-5-4-6-8-14)31-13(2)17-18(23)20(25)22(27)21(26)19(17)24/h4-9,13,16H,10-11H2,1-3H3/b12-9-/t13-,16+/m0/s1. The Morgan fingerprint density at radius 2 is 1.47 bits per heavy atom. The molecule has 0 unspecified atom stereocenters. The van der Waals surface area contributed by atoms with Crippen molar-refractivity contribution in [1.82, 2.24) is 0 Å². The average Bonchev–Trinajstić information content (AvgIpc) is 2.74. The number of carbonyl (C=O) groups excluding carboxylic acids is 1. The summed E-state index contributed by atoms with van der Waals surface area (Å²) in [5.74, 6) is -11.4. The lowest BCUT2D eigenvalue weighted by Crippen LogP contribution is -2.23. The number of benzene rings is 2. The Morgan fingerprint density at radius 3 is 1.97 bits per heavy atom. The molecule has 0 radical (unpaired) electrons. The molecule has 10 heteroatoms. The van der Waals surface area contributed by atoms with Gasteiger partial charge in [0.15, 0.2) is 38.9 Å². The summed E-state index contributed by atoms with van der Waals surface area (Å²) in [7, 11) is -3.42. The minimum Gasteiger partial charge on any atom is -0.366 e.